The zero-order valence-electron chi connectivity index (χ0n) is 11.4. The third-order valence-corrected chi connectivity index (χ3v) is 5.07. The van der Waals surface area contributed by atoms with Crippen molar-refractivity contribution < 1.29 is 23.1 Å². The van der Waals surface area contributed by atoms with E-state index in [1.807, 2.05) is 0 Å². The smallest absolute Gasteiger partial charge is 0.354 e. The van der Waals surface area contributed by atoms with Crippen molar-refractivity contribution in [3.8, 4) is 0 Å². The maximum Gasteiger partial charge on any atom is 0.354 e. The van der Waals surface area contributed by atoms with Crippen molar-refractivity contribution in [2.24, 2.45) is 0 Å². The minimum atomic E-state index is -3.32. The first-order valence-electron chi connectivity index (χ1n) is 5.72. The second-order valence-corrected chi connectivity index (χ2v) is 7.60. The topological polar surface area (TPSA) is 113 Å². The van der Waals surface area contributed by atoms with Crippen molar-refractivity contribution in [1.82, 2.24) is 10.3 Å². The summed E-state index contributed by atoms with van der Waals surface area (Å²) in [4.78, 5) is 26.2. The van der Waals surface area contributed by atoms with E-state index < -0.39 is 26.5 Å². The Morgan fingerprint density at radius 1 is 1.40 bits per heavy atom. The summed E-state index contributed by atoms with van der Waals surface area (Å²) in [7, 11) is -3.32. The van der Waals surface area contributed by atoms with Gasteiger partial charge in [0.25, 0.3) is 5.91 Å². The molecule has 0 saturated heterocycles. The molecule has 110 valence electrons. The van der Waals surface area contributed by atoms with Crippen LogP contribution in [0.4, 0.5) is 0 Å². The molecule has 0 saturated carbocycles. The Kier molecular flexibility index (Phi) is 4.49. The van der Waals surface area contributed by atoms with E-state index >= 15 is 0 Å². The van der Waals surface area contributed by atoms with Crippen LogP contribution in [0.25, 0.3) is 0 Å². The number of pyridine rings is 1. The fourth-order valence-electron chi connectivity index (χ4n) is 1.22. The molecule has 1 rings (SSSR count). The number of aromatic nitrogens is 1. The van der Waals surface area contributed by atoms with Gasteiger partial charge in [-0.15, -0.1) is 0 Å². The Labute approximate surface area is 116 Å². The minimum absolute atomic E-state index is 0.0740. The molecule has 0 spiro atoms. The molecule has 1 amide bonds. The van der Waals surface area contributed by atoms with Gasteiger partial charge in [0, 0.05) is 24.6 Å². The molecule has 1 aromatic rings. The van der Waals surface area contributed by atoms with Crippen LogP contribution in [0, 0.1) is 0 Å². The molecule has 1 aromatic heterocycles. The summed E-state index contributed by atoms with van der Waals surface area (Å²) in [5, 5.41) is 11.3. The molecule has 0 unspecified atom stereocenters. The maximum absolute atomic E-state index is 11.9. The minimum Gasteiger partial charge on any atom is -0.477 e. The number of carboxylic acid groups (broad SMARTS) is 1. The average Bonchev–Trinajstić information content (AvgIpc) is 2.34. The fourth-order valence-corrected chi connectivity index (χ4v) is 1.55. The first-order valence-corrected chi connectivity index (χ1v) is 7.61. The van der Waals surface area contributed by atoms with Crippen LogP contribution >= 0.6 is 0 Å². The second-order valence-electron chi connectivity index (χ2n) is 4.95. The van der Waals surface area contributed by atoms with E-state index in [9.17, 15) is 18.0 Å². The first kappa shape index (κ1) is 16.1. The van der Waals surface area contributed by atoms with Gasteiger partial charge in [0.2, 0.25) is 0 Å². The number of sulfone groups is 1. The van der Waals surface area contributed by atoms with Crippen LogP contribution in [0.2, 0.25) is 0 Å². The lowest BCUT2D eigenvalue weighted by Crippen LogP contribution is -2.43. The highest BCUT2D eigenvalue weighted by molar-refractivity contribution is 7.92. The Bertz CT molecular complexity index is 637. The number of carboxylic acids is 1. The van der Waals surface area contributed by atoms with Crippen LogP contribution < -0.4 is 5.32 Å². The van der Waals surface area contributed by atoms with E-state index in [1.54, 1.807) is 0 Å². The lowest BCUT2D eigenvalue weighted by molar-refractivity contribution is 0.0690. The summed E-state index contributed by atoms with van der Waals surface area (Å²) >= 11 is 0. The Morgan fingerprint density at radius 3 is 2.50 bits per heavy atom. The fraction of sp³-hybridized carbons (Fsp3) is 0.417. The van der Waals surface area contributed by atoms with Gasteiger partial charge in [-0.1, -0.05) is 0 Å². The quantitative estimate of drug-likeness (QED) is 0.810. The van der Waals surface area contributed by atoms with Crippen LogP contribution in [0.1, 0.15) is 34.7 Å². The summed E-state index contributed by atoms with van der Waals surface area (Å²) in [6.45, 7) is 2.92. The van der Waals surface area contributed by atoms with E-state index in [0.29, 0.717) is 0 Å². The van der Waals surface area contributed by atoms with E-state index in [-0.39, 0.29) is 17.8 Å². The van der Waals surface area contributed by atoms with E-state index in [0.717, 1.165) is 12.3 Å². The number of aromatic carboxylic acids is 1. The van der Waals surface area contributed by atoms with Crippen molar-refractivity contribution >= 4 is 21.7 Å². The Morgan fingerprint density at radius 2 is 2.00 bits per heavy atom. The molecule has 0 fully saturated rings. The largest absolute Gasteiger partial charge is 0.477 e. The molecule has 7 nitrogen and oxygen atoms in total. The standard InChI is InChI=1S/C12H16N2O5S/c1-12(2,20(3,18)19)7-14-10(15)8-4-5-13-9(6-8)11(16)17/h4-6H,7H2,1-3H3,(H,14,15)(H,16,17). The molecule has 2 N–H and O–H groups in total. The van der Waals surface area contributed by atoms with Gasteiger partial charge in [-0.25, -0.2) is 18.2 Å². The third kappa shape index (κ3) is 3.77. The monoisotopic (exact) mass is 300 g/mol. The van der Waals surface area contributed by atoms with Crippen LogP contribution in [0.15, 0.2) is 18.3 Å². The zero-order chi connectivity index (χ0) is 15.6. The molecule has 0 atom stereocenters. The summed E-state index contributed by atoms with van der Waals surface area (Å²) in [6, 6.07) is 2.49. The zero-order valence-corrected chi connectivity index (χ0v) is 12.2. The third-order valence-electron chi connectivity index (χ3n) is 2.92. The van der Waals surface area contributed by atoms with Crippen LogP contribution in [-0.2, 0) is 9.84 Å². The molecular weight excluding hydrogens is 284 g/mol. The lowest BCUT2D eigenvalue weighted by atomic mass is 10.2. The highest BCUT2D eigenvalue weighted by Gasteiger charge is 2.30. The maximum atomic E-state index is 11.9. The van der Waals surface area contributed by atoms with Crippen molar-refractivity contribution in [2.75, 3.05) is 12.8 Å². The molecule has 8 heteroatoms. The van der Waals surface area contributed by atoms with Gasteiger partial charge < -0.3 is 10.4 Å². The number of amides is 1. The number of carbonyl (C=O) groups is 2. The van der Waals surface area contributed by atoms with Crippen molar-refractivity contribution in [1.29, 1.82) is 0 Å². The normalized spacial score (nSPS) is 11.9. The molecule has 1 heterocycles. The van der Waals surface area contributed by atoms with Gasteiger partial charge in [0.1, 0.15) is 5.69 Å². The molecule has 0 aromatic carbocycles. The Hall–Kier alpha value is -1.96. The highest BCUT2D eigenvalue weighted by atomic mass is 32.2. The van der Waals surface area contributed by atoms with Crippen LogP contribution in [-0.4, -0.2) is 47.9 Å². The molecular formula is C12H16N2O5S. The summed E-state index contributed by atoms with van der Waals surface area (Å²) in [5.41, 5.74) is -0.137. The van der Waals surface area contributed by atoms with Crippen molar-refractivity contribution in [2.45, 2.75) is 18.6 Å². The van der Waals surface area contributed by atoms with Gasteiger partial charge >= 0.3 is 5.97 Å². The van der Waals surface area contributed by atoms with Gasteiger partial charge in [-0.3, -0.25) is 4.79 Å². The summed E-state index contributed by atoms with van der Waals surface area (Å²) < 4.78 is 21.9. The number of rotatable bonds is 5. The summed E-state index contributed by atoms with van der Waals surface area (Å²) in [5.74, 6) is -1.79. The van der Waals surface area contributed by atoms with Crippen LogP contribution in [0.3, 0.4) is 0 Å². The Balaban J connectivity index is 2.83. The molecule has 0 radical (unpaired) electrons. The number of hydrogen-bond acceptors (Lipinski definition) is 5. The molecule has 0 aliphatic rings. The predicted molar refractivity (Wildman–Crippen MR) is 72.5 cm³/mol. The molecule has 0 aliphatic carbocycles. The van der Waals surface area contributed by atoms with E-state index in [1.165, 1.54) is 26.1 Å². The molecule has 0 bridgehead atoms. The highest BCUT2D eigenvalue weighted by Crippen LogP contribution is 2.13. The number of hydrogen-bond donors (Lipinski definition) is 2. The van der Waals surface area contributed by atoms with Crippen molar-refractivity contribution in [3.63, 3.8) is 0 Å². The predicted octanol–water partition coefficient (Wildman–Crippen LogP) is 0.333. The number of carbonyl (C=O) groups excluding carboxylic acids is 1. The van der Waals surface area contributed by atoms with Gasteiger partial charge in [-0.05, 0) is 26.0 Å². The SMILES string of the molecule is CC(C)(CNC(=O)c1ccnc(C(=O)O)c1)S(C)(=O)=O. The van der Waals surface area contributed by atoms with Gasteiger partial charge in [0.15, 0.2) is 9.84 Å². The van der Waals surface area contributed by atoms with E-state index in [4.69, 9.17) is 5.11 Å². The van der Waals surface area contributed by atoms with Gasteiger partial charge in [-0.2, -0.15) is 0 Å². The molecule has 0 aliphatic heterocycles. The second kappa shape index (κ2) is 5.58. The lowest BCUT2D eigenvalue weighted by Gasteiger charge is -2.22. The average molecular weight is 300 g/mol. The molecule has 20 heavy (non-hydrogen) atoms. The number of nitrogens with zero attached hydrogens (tertiary/aromatic N) is 1. The van der Waals surface area contributed by atoms with E-state index in [2.05, 4.69) is 10.3 Å². The first-order chi connectivity index (χ1) is 9.04. The number of nitrogens with one attached hydrogen (secondary N) is 1. The van der Waals surface area contributed by atoms with Crippen LogP contribution in [0.5, 0.6) is 0 Å². The van der Waals surface area contributed by atoms with Gasteiger partial charge in [0.05, 0.1) is 4.75 Å². The van der Waals surface area contributed by atoms with Crippen molar-refractivity contribution in [3.05, 3.63) is 29.6 Å². The summed E-state index contributed by atoms with van der Waals surface area (Å²) in [6.07, 6.45) is 2.30.